The van der Waals surface area contributed by atoms with Crippen molar-refractivity contribution in [2.24, 2.45) is 0 Å². The second-order valence-electron chi connectivity index (χ2n) is 8.38. The third kappa shape index (κ3) is 5.22. The highest BCUT2D eigenvalue weighted by molar-refractivity contribution is 7.00. The quantitative estimate of drug-likeness (QED) is 0.207. The highest BCUT2D eigenvalue weighted by atomic mass is 32.1. The van der Waals surface area contributed by atoms with Crippen molar-refractivity contribution in [3.05, 3.63) is 95.3 Å². The van der Waals surface area contributed by atoms with Crippen LogP contribution in [-0.2, 0) is 11.2 Å². The molecule has 3 aromatic carbocycles. The number of Topliss-reactive ketones (excluding diaryl/α,β-unsaturated/α-hetero) is 1. The number of ether oxygens (including phenoxy) is 1. The summed E-state index contributed by atoms with van der Waals surface area (Å²) in [6, 6.07) is 17.3. The fourth-order valence-corrected chi connectivity index (χ4v) is 4.58. The van der Waals surface area contributed by atoms with Gasteiger partial charge in [0.1, 0.15) is 16.8 Å². The molecule has 2 aromatic heterocycles. The summed E-state index contributed by atoms with van der Waals surface area (Å²) < 4.78 is 14.1. The molecule has 5 aromatic rings. The van der Waals surface area contributed by atoms with Crippen LogP contribution < -0.4 is 4.74 Å². The Balaban J connectivity index is 1.63. The molecular formula is C28H22N4O4S. The number of hydrogen-bond acceptors (Lipinski definition) is 8. The third-order valence-electron chi connectivity index (χ3n) is 5.84. The van der Waals surface area contributed by atoms with E-state index in [1.54, 1.807) is 54.9 Å². The number of aromatic nitrogens is 4. The van der Waals surface area contributed by atoms with E-state index in [2.05, 4.69) is 18.7 Å². The van der Waals surface area contributed by atoms with E-state index in [1.165, 1.54) is 0 Å². The number of carbonyl (C=O) groups is 2. The Morgan fingerprint density at radius 2 is 1.54 bits per heavy atom. The molecular weight excluding hydrogens is 488 g/mol. The minimum Gasteiger partial charge on any atom is -0.494 e. The van der Waals surface area contributed by atoms with Crippen LogP contribution in [-0.4, -0.2) is 42.2 Å². The van der Waals surface area contributed by atoms with Crippen LogP contribution in [0, 0.1) is 0 Å². The zero-order chi connectivity index (χ0) is 25.8. The summed E-state index contributed by atoms with van der Waals surface area (Å²) in [5.41, 5.74) is 4.20. The minimum atomic E-state index is -1.20. The smallest absolute Gasteiger partial charge is 0.336 e. The lowest BCUT2D eigenvalue weighted by molar-refractivity contribution is -0.130. The van der Waals surface area contributed by atoms with Gasteiger partial charge in [-0.25, -0.2) is 4.79 Å². The molecule has 0 aliphatic rings. The first-order valence-corrected chi connectivity index (χ1v) is 12.4. The van der Waals surface area contributed by atoms with Gasteiger partial charge in [0, 0.05) is 30.0 Å². The average Bonchev–Trinajstić information content (AvgIpc) is 3.39. The molecule has 0 saturated heterocycles. The standard InChI is InChI=1S/C28H22N4O4S/c1-2-13-36-20-7-4-18(5-8-20)27(33)21(14-17-3-9-22-24(15-17)30-12-11-29-22)26(28(34)35)19-6-10-23-25(16-19)32-37-31-23/h3-12,15-16H,2,13-14H2,1H3,(H,34,35). The number of carbonyl (C=O) groups excluding carboxylic acids is 1. The van der Waals surface area contributed by atoms with Crippen molar-refractivity contribution >= 4 is 51.1 Å². The van der Waals surface area contributed by atoms with E-state index in [4.69, 9.17) is 4.74 Å². The van der Waals surface area contributed by atoms with Gasteiger partial charge >= 0.3 is 5.97 Å². The summed E-state index contributed by atoms with van der Waals surface area (Å²) in [6.07, 6.45) is 4.16. The monoisotopic (exact) mass is 510 g/mol. The van der Waals surface area contributed by atoms with Gasteiger partial charge in [0.15, 0.2) is 5.78 Å². The summed E-state index contributed by atoms with van der Waals surface area (Å²) >= 11 is 1.05. The molecule has 0 bridgehead atoms. The molecule has 0 unspecified atom stereocenters. The molecule has 8 nitrogen and oxygen atoms in total. The molecule has 0 fully saturated rings. The van der Waals surface area contributed by atoms with E-state index in [-0.39, 0.29) is 23.4 Å². The summed E-state index contributed by atoms with van der Waals surface area (Å²) in [5.74, 6) is -0.929. The number of hydrogen-bond donors (Lipinski definition) is 1. The largest absolute Gasteiger partial charge is 0.494 e. The summed E-state index contributed by atoms with van der Waals surface area (Å²) in [4.78, 5) is 35.1. The molecule has 5 rings (SSSR count). The first-order chi connectivity index (χ1) is 18.0. The van der Waals surface area contributed by atoms with E-state index in [1.807, 2.05) is 25.1 Å². The number of rotatable bonds is 9. The maximum Gasteiger partial charge on any atom is 0.336 e. The molecule has 1 N–H and O–H groups in total. The van der Waals surface area contributed by atoms with Gasteiger partial charge in [0.25, 0.3) is 0 Å². The molecule has 184 valence electrons. The SMILES string of the molecule is CCCOc1ccc(C(=O)C(Cc2ccc3nccnc3c2)=C(C(=O)O)c2ccc3nsnc3c2)cc1. The number of carboxylic acids is 1. The van der Waals surface area contributed by atoms with Crippen molar-refractivity contribution in [1.82, 2.24) is 18.7 Å². The second kappa shape index (κ2) is 10.6. The molecule has 0 amide bonds. The topological polar surface area (TPSA) is 115 Å². The molecule has 0 aliphatic carbocycles. The van der Waals surface area contributed by atoms with Crippen molar-refractivity contribution in [3.8, 4) is 5.75 Å². The maximum atomic E-state index is 13.9. The highest BCUT2D eigenvalue weighted by Crippen LogP contribution is 2.29. The van der Waals surface area contributed by atoms with Gasteiger partial charge in [-0.3, -0.25) is 14.8 Å². The van der Waals surface area contributed by atoms with E-state index in [0.717, 1.165) is 23.7 Å². The molecule has 2 heterocycles. The zero-order valence-electron chi connectivity index (χ0n) is 19.9. The minimum absolute atomic E-state index is 0.0783. The molecule has 0 aliphatic heterocycles. The van der Waals surface area contributed by atoms with Gasteiger partial charge in [0.2, 0.25) is 0 Å². The van der Waals surface area contributed by atoms with Crippen LogP contribution in [0.5, 0.6) is 5.75 Å². The summed E-state index contributed by atoms with van der Waals surface area (Å²) in [7, 11) is 0. The fourth-order valence-electron chi connectivity index (χ4n) is 4.07. The lowest BCUT2D eigenvalue weighted by atomic mass is 9.89. The van der Waals surface area contributed by atoms with Crippen LogP contribution in [0.4, 0.5) is 0 Å². The van der Waals surface area contributed by atoms with Crippen LogP contribution in [0.1, 0.15) is 34.8 Å². The van der Waals surface area contributed by atoms with Gasteiger partial charge in [-0.15, -0.1) is 0 Å². The number of fused-ring (bicyclic) bond motifs is 2. The van der Waals surface area contributed by atoms with Gasteiger partial charge in [-0.05, 0) is 66.1 Å². The van der Waals surface area contributed by atoms with Crippen LogP contribution in [0.25, 0.3) is 27.6 Å². The van der Waals surface area contributed by atoms with Gasteiger partial charge in [-0.1, -0.05) is 19.1 Å². The third-order valence-corrected chi connectivity index (χ3v) is 6.39. The Labute approximate surface area is 216 Å². The molecule has 9 heteroatoms. The van der Waals surface area contributed by atoms with Gasteiger partial charge in [-0.2, -0.15) is 8.75 Å². The van der Waals surface area contributed by atoms with E-state index in [9.17, 15) is 14.7 Å². The number of aliphatic carboxylic acids is 1. The van der Waals surface area contributed by atoms with Gasteiger partial charge < -0.3 is 9.84 Å². The predicted molar refractivity (Wildman–Crippen MR) is 142 cm³/mol. The zero-order valence-corrected chi connectivity index (χ0v) is 20.7. The van der Waals surface area contributed by atoms with Crippen molar-refractivity contribution in [3.63, 3.8) is 0 Å². The number of nitrogens with zero attached hydrogens (tertiary/aromatic N) is 4. The second-order valence-corrected chi connectivity index (χ2v) is 8.91. The number of benzene rings is 3. The molecule has 37 heavy (non-hydrogen) atoms. The van der Waals surface area contributed by atoms with E-state index in [0.29, 0.717) is 45.6 Å². The Hall–Kier alpha value is -4.50. The first kappa shape index (κ1) is 24.2. The molecule has 0 spiro atoms. The van der Waals surface area contributed by atoms with Crippen LogP contribution in [0.3, 0.4) is 0 Å². The molecule has 0 radical (unpaired) electrons. The fraction of sp³-hybridized carbons (Fsp3) is 0.143. The van der Waals surface area contributed by atoms with Crippen LogP contribution in [0.2, 0.25) is 0 Å². The van der Waals surface area contributed by atoms with Crippen molar-refractivity contribution < 1.29 is 19.4 Å². The van der Waals surface area contributed by atoms with E-state index >= 15 is 0 Å². The van der Waals surface area contributed by atoms with Gasteiger partial charge in [0.05, 0.1) is 34.9 Å². The van der Waals surface area contributed by atoms with E-state index < -0.39 is 5.97 Å². The van der Waals surface area contributed by atoms with Crippen molar-refractivity contribution in [1.29, 1.82) is 0 Å². The molecule has 0 saturated carbocycles. The highest BCUT2D eigenvalue weighted by Gasteiger charge is 2.24. The lowest BCUT2D eigenvalue weighted by Crippen LogP contribution is -2.14. The van der Waals surface area contributed by atoms with Crippen molar-refractivity contribution in [2.75, 3.05) is 6.61 Å². The predicted octanol–water partition coefficient (Wildman–Crippen LogP) is 5.39. The number of carboxylic acid groups (broad SMARTS) is 1. The Bertz CT molecular complexity index is 1640. The Morgan fingerprint density at radius 1 is 0.838 bits per heavy atom. The van der Waals surface area contributed by atoms with Crippen molar-refractivity contribution in [2.45, 2.75) is 19.8 Å². The normalized spacial score (nSPS) is 11.9. The first-order valence-electron chi connectivity index (χ1n) is 11.7. The summed E-state index contributed by atoms with van der Waals surface area (Å²) in [5, 5.41) is 10.3. The lowest BCUT2D eigenvalue weighted by Gasteiger charge is -2.14. The summed E-state index contributed by atoms with van der Waals surface area (Å²) in [6.45, 7) is 2.58. The average molecular weight is 511 g/mol. The van der Waals surface area contributed by atoms with Crippen LogP contribution in [0.15, 0.2) is 78.6 Å². The number of allylic oxidation sites excluding steroid dienone is 1. The maximum absolute atomic E-state index is 13.9. The Morgan fingerprint density at radius 3 is 2.30 bits per heavy atom. The molecule has 0 atom stereocenters. The number of ketones is 1. The Kier molecular flexibility index (Phi) is 6.96. The van der Waals surface area contributed by atoms with Crippen LogP contribution >= 0.6 is 11.7 Å².